The monoisotopic (exact) mass is 188 g/mol. The molecular weight excluding hydrogens is 168 g/mol. The van der Waals surface area contributed by atoms with E-state index < -0.39 is 0 Å². The molecule has 0 N–H and O–H groups in total. The van der Waals surface area contributed by atoms with E-state index in [0.717, 1.165) is 17.8 Å². The molecule has 0 bridgehead atoms. The second-order valence-electron chi connectivity index (χ2n) is 4.32. The number of hydrogen-bond donors (Lipinski definition) is 0. The molecule has 0 amide bonds. The van der Waals surface area contributed by atoms with Gasteiger partial charge in [0.15, 0.2) is 0 Å². The molecule has 2 aliphatic carbocycles. The molecular formula is C14H20. The Morgan fingerprint density at radius 3 is 2.71 bits per heavy atom. The van der Waals surface area contributed by atoms with Crippen LogP contribution in [0.5, 0.6) is 0 Å². The summed E-state index contributed by atoms with van der Waals surface area (Å²) in [5, 5.41) is 0. The number of terminal acetylenes is 1. The van der Waals surface area contributed by atoms with Crippen LogP contribution in [0.3, 0.4) is 0 Å². The maximum absolute atomic E-state index is 4.00. The van der Waals surface area contributed by atoms with Crippen LogP contribution in [0.1, 0.15) is 33.1 Å². The van der Waals surface area contributed by atoms with Gasteiger partial charge in [0, 0.05) is 0 Å². The van der Waals surface area contributed by atoms with Crippen LogP contribution in [0, 0.1) is 30.6 Å². The Morgan fingerprint density at radius 2 is 2.00 bits per heavy atom. The fraction of sp³-hybridized carbons (Fsp3) is 0.571. The minimum atomic E-state index is 0.783. The van der Waals surface area contributed by atoms with Crippen LogP contribution >= 0.6 is 0 Å². The number of fused-ring (bicyclic) bond motifs is 1. The van der Waals surface area contributed by atoms with Crippen LogP contribution in [0.4, 0.5) is 0 Å². The average Bonchev–Trinajstić information content (AvgIpc) is 2.27. The van der Waals surface area contributed by atoms with Crippen LogP contribution in [-0.4, -0.2) is 0 Å². The van der Waals surface area contributed by atoms with Crippen LogP contribution in [0.25, 0.3) is 0 Å². The molecule has 0 aromatic rings. The van der Waals surface area contributed by atoms with E-state index in [9.17, 15) is 0 Å². The first-order valence-electron chi connectivity index (χ1n) is 5.50. The number of allylic oxidation sites excluding steroid dienone is 4. The summed E-state index contributed by atoms with van der Waals surface area (Å²) in [5.41, 5.74) is 1.62. The van der Waals surface area contributed by atoms with E-state index in [1.807, 2.05) is 0 Å². The van der Waals surface area contributed by atoms with Gasteiger partial charge >= 0.3 is 0 Å². The first-order chi connectivity index (χ1) is 6.79. The van der Waals surface area contributed by atoms with Gasteiger partial charge < -0.3 is 0 Å². The van der Waals surface area contributed by atoms with Crippen molar-refractivity contribution in [3.05, 3.63) is 23.8 Å². The fourth-order valence-corrected chi connectivity index (χ4v) is 2.49. The lowest BCUT2D eigenvalue weighted by Crippen LogP contribution is -2.24. The maximum atomic E-state index is 4.00. The summed E-state index contributed by atoms with van der Waals surface area (Å²) < 4.78 is 0. The predicted octanol–water partition coefficient (Wildman–Crippen LogP) is 3.80. The Balaban J connectivity index is 0.000000461. The molecule has 76 valence electrons. The van der Waals surface area contributed by atoms with Gasteiger partial charge in [-0.05, 0) is 42.6 Å². The van der Waals surface area contributed by atoms with Crippen molar-refractivity contribution < 1.29 is 0 Å². The zero-order valence-electron chi connectivity index (χ0n) is 9.24. The summed E-state index contributed by atoms with van der Waals surface area (Å²) >= 11 is 0. The lowest BCUT2D eigenvalue weighted by molar-refractivity contribution is 0.300. The average molecular weight is 188 g/mol. The van der Waals surface area contributed by atoms with Crippen molar-refractivity contribution in [1.82, 2.24) is 0 Å². The Hall–Kier alpha value is -0.960. The van der Waals surface area contributed by atoms with E-state index >= 15 is 0 Å². The van der Waals surface area contributed by atoms with Crippen molar-refractivity contribution >= 4 is 0 Å². The van der Waals surface area contributed by atoms with E-state index in [-0.39, 0.29) is 0 Å². The van der Waals surface area contributed by atoms with E-state index in [2.05, 4.69) is 44.9 Å². The molecule has 0 nitrogen and oxygen atoms in total. The second-order valence-corrected chi connectivity index (χ2v) is 4.32. The van der Waals surface area contributed by atoms with E-state index in [0.29, 0.717) is 0 Å². The lowest BCUT2D eigenvalue weighted by atomic mass is 9.71. The van der Waals surface area contributed by atoms with E-state index in [4.69, 9.17) is 0 Å². The summed E-state index contributed by atoms with van der Waals surface area (Å²) in [6, 6.07) is 0. The highest BCUT2D eigenvalue weighted by molar-refractivity contribution is 5.28. The van der Waals surface area contributed by atoms with E-state index in [1.54, 1.807) is 5.57 Å². The van der Waals surface area contributed by atoms with E-state index in [1.165, 1.54) is 19.3 Å². The highest BCUT2D eigenvalue weighted by Crippen LogP contribution is 2.39. The molecule has 2 rings (SSSR count). The highest BCUT2D eigenvalue weighted by Gasteiger charge is 2.28. The maximum Gasteiger partial charge on any atom is -0.0134 e. The van der Waals surface area contributed by atoms with Gasteiger partial charge in [-0.1, -0.05) is 32.1 Å². The third kappa shape index (κ3) is 2.10. The van der Waals surface area contributed by atoms with Crippen molar-refractivity contribution in [2.45, 2.75) is 33.1 Å². The molecule has 0 fully saturated rings. The topological polar surface area (TPSA) is 0 Å². The first-order valence-corrected chi connectivity index (χ1v) is 5.50. The van der Waals surface area contributed by atoms with Gasteiger partial charge in [-0.2, -0.15) is 0 Å². The van der Waals surface area contributed by atoms with Gasteiger partial charge in [-0.15, -0.1) is 12.8 Å². The van der Waals surface area contributed by atoms with Gasteiger partial charge in [-0.25, -0.2) is 0 Å². The molecule has 0 heterocycles. The Bertz CT molecular complexity index is 254. The van der Waals surface area contributed by atoms with Crippen LogP contribution in [-0.2, 0) is 0 Å². The molecule has 0 saturated carbocycles. The Labute approximate surface area is 88.1 Å². The molecule has 0 spiro atoms. The molecule has 3 unspecified atom stereocenters. The Morgan fingerprint density at radius 1 is 1.29 bits per heavy atom. The van der Waals surface area contributed by atoms with Crippen LogP contribution < -0.4 is 0 Å². The van der Waals surface area contributed by atoms with Gasteiger partial charge in [0.2, 0.25) is 0 Å². The molecule has 0 radical (unpaired) electrons. The molecule has 2 aliphatic rings. The molecule has 0 aromatic carbocycles. The number of rotatable bonds is 0. The standard InChI is InChI=1S/C12H18.C2H2/c1-9-7-8-11-5-3-4-6-12(11)10(9)2;1-2/h5,7-10,12H,3-4,6H2,1-2H3;1-2H. The molecule has 0 aromatic heterocycles. The van der Waals surface area contributed by atoms with Gasteiger partial charge in [0.25, 0.3) is 0 Å². The van der Waals surface area contributed by atoms with Crippen molar-refractivity contribution in [3.8, 4) is 12.8 Å². The summed E-state index contributed by atoms with van der Waals surface area (Å²) in [4.78, 5) is 0. The lowest BCUT2D eigenvalue weighted by Gasteiger charge is -2.34. The van der Waals surface area contributed by atoms with Gasteiger partial charge in [0.1, 0.15) is 0 Å². The summed E-state index contributed by atoms with van der Waals surface area (Å²) in [6.45, 7) is 4.74. The third-order valence-corrected chi connectivity index (χ3v) is 3.58. The zero-order valence-corrected chi connectivity index (χ0v) is 9.24. The van der Waals surface area contributed by atoms with Gasteiger partial charge in [0.05, 0.1) is 0 Å². The quantitative estimate of drug-likeness (QED) is 0.507. The SMILES string of the molecule is C#C.CC1C=CC2=CCCCC2C1C. The van der Waals surface area contributed by atoms with Crippen LogP contribution in [0.15, 0.2) is 23.8 Å². The zero-order chi connectivity index (χ0) is 10.6. The summed E-state index contributed by atoms with van der Waals surface area (Å²) in [7, 11) is 0. The van der Waals surface area contributed by atoms with Crippen molar-refractivity contribution in [2.75, 3.05) is 0 Å². The smallest absolute Gasteiger partial charge is 0.0134 e. The van der Waals surface area contributed by atoms with Crippen molar-refractivity contribution in [3.63, 3.8) is 0 Å². The highest BCUT2D eigenvalue weighted by atomic mass is 14.3. The van der Waals surface area contributed by atoms with Crippen molar-refractivity contribution in [1.29, 1.82) is 0 Å². The fourth-order valence-electron chi connectivity index (χ4n) is 2.49. The predicted molar refractivity (Wildman–Crippen MR) is 62.8 cm³/mol. The molecule has 0 heteroatoms. The molecule has 3 atom stereocenters. The third-order valence-electron chi connectivity index (χ3n) is 3.58. The minimum absolute atomic E-state index is 0.783. The summed E-state index contributed by atoms with van der Waals surface area (Å²) in [5.74, 6) is 2.52. The van der Waals surface area contributed by atoms with Crippen LogP contribution in [0.2, 0.25) is 0 Å². The second kappa shape index (κ2) is 5.05. The number of hydrogen-bond acceptors (Lipinski definition) is 0. The summed E-state index contributed by atoms with van der Waals surface area (Å²) in [6.07, 6.45) is 19.3. The largest absolute Gasteiger partial charge is 0.124 e. The molecule has 0 saturated heterocycles. The van der Waals surface area contributed by atoms with Crippen molar-refractivity contribution in [2.24, 2.45) is 17.8 Å². The normalized spacial score (nSPS) is 34.9. The van der Waals surface area contributed by atoms with Gasteiger partial charge in [-0.3, -0.25) is 0 Å². The molecule has 14 heavy (non-hydrogen) atoms. The molecule has 0 aliphatic heterocycles. The first kappa shape index (κ1) is 11.1. The minimum Gasteiger partial charge on any atom is -0.124 e. The Kier molecular flexibility index (Phi) is 4.01.